The highest BCUT2D eigenvalue weighted by molar-refractivity contribution is 5.70. The van der Waals surface area contributed by atoms with Crippen LogP contribution < -0.4 is 5.32 Å². The normalized spacial score (nSPS) is 13.6. The van der Waals surface area contributed by atoms with Crippen molar-refractivity contribution in [1.29, 1.82) is 0 Å². The van der Waals surface area contributed by atoms with Gasteiger partial charge in [-0.3, -0.25) is 0 Å². The second-order valence-corrected chi connectivity index (χ2v) is 2.88. The molecule has 1 aliphatic rings. The Balaban J connectivity index is 2.42. The molecule has 0 fully saturated rings. The van der Waals surface area contributed by atoms with Crippen LogP contribution in [0.5, 0.6) is 0 Å². The highest BCUT2D eigenvalue weighted by Gasteiger charge is 2.12. The second-order valence-electron chi connectivity index (χ2n) is 2.88. The van der Waals surface area contributed by atoms with E-state index in [0.29, 0.717) is 0 Å². The molecular weight excluding hydrogens is 180 g/mol. The van der Waals surface area contributed by atoms with Crippen molar-refractivity contribution in [3.8, 4) is 0 Å². The lowest BCUT2D eigenvalue weighted by molar-refractivity contribution is -0.422. The molecule has 0 spiro atoms. The summed E-state index contributed by atoms with van der Waals surface area (Å²) in [4.78, 5) is 10.1. The second kappa shape index (κ2) is 3.33. The molecule has 4 heteroatoms. The zero-order valence-corrected chi connectivity index (χ0v) is 7.31. The van der Waals surface area contributed by atoms with Gasteiger partial charge in [0, 0.05) is 11.6 Å². The van der Waals surface area contributed by atoms with E-state index in [1.54, 1.807) is 6.08 Å². The maximum absolute atomic E-state index is 10.6. The minimum absolute atomic E-state index is 0.00815. The van der Waals surface area contributed by atoms with Crippen molar-refractivity contribution in [1.82, 2.24) is 0 Å². The Morgan fingerprint density at radius 3 is 2.86 bits per heavy atom. The Bertz CT molecular complexity index is 436. The average Bonchev–Trinajstić information content (AvgIpc) is 2.39. The molecule has 1 aliphatic heterocycles. The number of para-hydroxylation sites is 1. The molecule has 0 aliphatic carbocycles. The number of benzene rings is 1. The number of allylic oxidation sites excluding steroid dienone is 2. The van der Waals surface area contributed by atoms with Gasteiger partial charge in [-0.05, 0) is 11.0 Å². The summed E-state index contributed by atoms with van der Waals surface area (Å²) in [7, 11) is 0. The lowest BCUT2D eigenvalue weighted by Crippen LogP contribution is -2.08. The van der Waals surface area contributed by atoms with Crippen LogP contribution in [-0.2, 0) is 0 Å². The zero-order chi connectivity index (χ0) is 9.97. The van der Waals surface area contributed by atoms with Crippen molar-refractivity contribution in [2.24, 2.45) is 0 Å². The molecule has 1 aromatic rings. The van der Waals surface area contributed by atoms with Crippen molar-refractivity contribution >= 4 is 11.8 Å². The first-order chi connectivity index (χ1) is 6.77. The average molecular weight is 188 g/mol. The highest BCUT2D eigenvalue weighted by Crippen LogP contribution is 2.21. The summed E-state index contributed by atoms with van der Waals surface area (Å²) in [6, 6.07) is 7.43. The Morgan fingerprint density at radius 1 is 1.29 bits per heavy atom. The smallest absolute Gasteiger partial charge is 0.321 e. The van der Waals surface area contributed by atoms with Crippen molar-refractivity contribution in [2.75, 3.05) is 5.32 Å². The molecule has 0 aromatic heterocycles. The van der Waals surface area contributed by atoms with Gasteiger partial charge in [0.2, 0.25) is 0 Å². The summed E-state index contributed by atoms with van der Waals surface area (Å²) < 4.78 is 0. The number of rotatable bonds is 1. The minimum atomic E-state index is -0.438. The van der Waals surface area contributed by atoms with Crippen LogP contribution in [0.25, 0.3) is 6.08 Å². The number of fused-ring (bicyclic) bond motifs is 1. The van der Waals surface area contributed by atoms with E-state index in [1.165, 1.54) is 6.08 Å². The first-order valence-corrected chi connectivity index (χ1v) is 4.16. The monoisotopic (exact) mass is 188 g/mol. The molecule has 0 radical (unpaired) electrons. The van der Waals surface area contributed by atoms with Gasteiger partial charge < -0.3 is 10.1 Å². The molecular formula is C10H8N2O2. The van der Waals surface area contributed by atoms with Crippen LogP contribution in [0, 0.1) is 10.1 Å². The molecule has 0 atom stereocenters. The Labute approximate surface area is 80.7 Å². The van der Waals surface area contributed by atoms with Gasteiger partial charge >= 0.3 is 5.82 Å². The fourth-order valence-corrected chi connectivity index (χ4v) is 1.29. The first kappa shape index (κ1) is 8.50. The van der Waals surface area contributed by atoms with E-state index in [2.05, 4.69) is 5.32 Å². The summed E-state index contributed by atoms with van der Waals surface area (Å²) in [6.45, 7) is 0. The number of nitro groups is 1. The van der Waals surface area contributed by atoms with Crippen LogP contribution in [0.15, 0.2) is 42.2 Å². The lowest BCUT2D eigenvalue weighted by atomic mass is 10.2. The maximum atomic E-state index is 10.6. The molecule has 0 bridgehead atoms. The largest absolute Gasteiger partial charge is 0.358 e. The predicted octanol–water partition coefficient (Wildman–Crippen LogP) is 2.24. The fraction of sp³-hybridized carbons (Fsp3) is 0. The third-order valence-electron chi connectivity index (χ3n) is 1.95. The Kier molecular flexibility index (Phi) is 2.02. The molecule has 1 heterocycles. The van der Waals surface area contributed by atoms with Crippen LogP contribution >= 0.6 is 0 Å². The van der Waals surface area contributed by atoms with E-state index in [4.69, 9.17) is 0 Å². The number of hydrogen-bond donors (Lipinski definition) is 1. The van der Waals surface area contributed by atoms with E-state index in [9.17, 15) is 10.1 Å². The minimum Gasteiger partial charge on any atom is -0.358 e. The van der Waals surface area contributed by atoms with E-state index in [1.807, 2.05) is 30.3 Å². The van der Waals surface area contributed by atoms with Gasteiger partial charge in [0.1, 0.15) is 5.69 Å². The first-order valence-electron chi connectivity index (χ1n) is 4.16. The molecule has 1 N–H and O–H groups in total. The van der Waals surface area contributed by atoms with Gasteiger partial charge in [-0.2, -0.15) is 0 Å². The van der Waals surface area contributed by atoms with Gasteiger partial charge in [0.15, 0.2) is 0 Å². The van der Waals surface area contributed by atoms with Gasteiger partial charge in [-0.1, -0.05) is 30.4 Å². The summed E-state index contributed by atoms with van der Waals surface area (Å²) in [5.74, 6) is -0.00815. The molecule has 0 saturated heterocycles. The van der Waals surface area contributed by atoms with Crippen LogP contribution in [0.2, 0.25) is 0 Å². The third kappa shape index (κ3) is 1.50. The number of nitrogens with zero attached hydrogens (tertiary/aromatic N) is 1. The molecule has 0 saturated carbocycles. The molecule has 4 nitrogen and oxygen atoms in total. The van der Waals surface area contributed by atoms with Crippen molar-refractivity contribution in [3.05, 3.63) is 57.9 Å². The van der Waals surface area contributed by atoms with E-state index >= 15 is 0 Å². The summed E-state index contributed by atoms with van der Waals surface area (Å²) >= 11 is 0. The lowest BCUT2D eigenvalue weighted by Gasteiger charge is -2.02. The topological polar surface area (TPSA) is 55.2 Å². The summed E-state index contributed by atoms with van der Waals surface area (Å²) in [6.07, 6.45) is 4.94. The molecule has 14 heavy (non-hydrogen) atoms. The molecule has 0 unspecified atom stereocenters. The fourth-order valence-electron chi connectivity index (χ4n) is 1.29. The molecule has 70 valence electrons. The molecule has 1 aromatic carbocycles. The van der Waals surface area contributed by atoms with Crippen molar-refractivity contribution in [2.45, 2.75) is 0 Å². The Hall–Kier alpha value is -2.10. The van der Waals surface area contributed by atoms with E-state index in [0.717, 1.165) is 11.3 Å². The van der Waals surface area contributed by atoms with Crippen LogP contribution in [-0.4, -0.2) is 4.92 Å². The van der Waals surface area contributed by atoms with E-state index < -0.39 is 4.92 Å². The zero-order valence-electron chi connectivity index (χ0n) is 7.31. The highest BCUT2D eigenvalue weighted by atomic mass is 16.6. The third-order valence-corrected chi connectivity index (χ3v) is 1.95. The predicted molar refractivity (Wildman–Crippen MR) is 54.2 cm³/mol. The summed E-state index contributed by atoms with van der Waals surface area (Å²) in [5, 5.41) is 13.3. The molecule has 0 amide bonds. The van der Waals surface area contributed by atoms with Crippen LogP contribution in [0.4, 0.5) is 5.69 Å². The van der Waals surface area contributed by atoms with Gasteiger partial charge in [0.05, 0.1) is 0 Å². The Morgan fingerprint density at radius 2 is 2.07 bits per heavy atom. The van der Waals surface area contributed by atoms with Crippen LogP contribution in [0.3, 0.4) is 0 Å². The van der Waals surface area contributed by atoms with Gasteiger partial charge in [-0.15, -0.1) is 0 Å². The van der Waals surface area contributed by atoms with Gasteiger partial charge in [0.25, 0.3) is 0 Å². The van der Waals surface area contributed by atoms with Crippen molar-refractivity contribution < 1.29 is 4.92 Å². The molecule has 2 rings (SSSR count). The number of hydrogen-bond acceptors (Lipinski definition) is 3. The van der Waals surface area contributed by atoms with Crippen LogP contribution in [0.1, 0.15) is 5.56 Å². The summed E-state index contributed by atoms with van der Waals surface area (Å²) in [5.41, 5.74) is 1.70. The quantitative estimate of drug-likeness (QED) is 0.543. The van der Waals surface area contributed by atoms with Gasteiger partial charge in [-0.25, -0.2) is 5.32 Å². The maximum Gasteiger partial charge on any atom is 0.321 e. The van der Waals surface area contributed by atoms with Crippen molar-refractivity contribution in [3.63, 3.8) is 0 Å². The SMILES string of the molecule is O=[N+]([O-])C1=CC=Cc2ccccc2N1. The number of anilines is 1. The standard InChI is InChI=1S/C10H8N2O2/c13-12(14)10-7-3-5-8-4-1-2-6-9(8)11-10/h1-7,11H. The van der Waals surface area contributed by atoms with E-state index in [-0.39, 0.29) is 5.82 Å². The number of nitrogens with one attached hydrogen (secondary N) is 1.